The molecule has 5 nitrogen and oxygen atoms in total. The van der Waals surface area contributed by atoms with Crippen LogP contribution in [-0.4, -0.2) is 32.5 Å². The number of hydrogen-bond acceptors (Lipinski definition) is 5. The van der Waals surface area contributed by atoms with Crippen LogP contribution in [0.2, 0.25) is 5.02 Å². The predicted molar refractivity (Wildman–Crippen MR) is 90.2 cm³/mol. The smallest absolute Gasteiger partial charge is 0.340 e. The highest BCUT2D eigenvalue weighted by atomic mass is 35.5. The summed E-state index contributed by atoms with van der Waals surface area (Å²) in [6, 6.07) is 8.42. The maximum absolute atomic E-state index is 12.9. The van der Waals surface area contributed by atoms with Crippen LogP contribution in [0.15, 0.2) is 47.4 Å². The molecule has 132 valence electrons. The second-order valence-corrected chi connectivity index (χ2v) is 7.76. The van der Waals surface area contributed by atoms with Gasteiger partial charge in [0, 0.05) is 11.8 Å². The Morgan fingerprint density at radius 3 is 2.28 bits per heavy atom. The first-order valence-electron chi connectivity index (χ1n) is 7.10. The Labute approximate surface area is 149 Å². The summed E-state index contributed by atoms with van der Waals surface area (Å²) in [6.45, 7) is 1.36. The molecule has 0 aliphatic rings. The van der Waals surface area contributed by atoms with Crippen molar-refractivity contribution in [1.82, 2.24) is 0 Å². The molecule has 0 radical (unpaired) electrons. The van der Waals surface area contributed by atoms with Crippen LogP contribution >= 0.6 is 11.6 Å². The van der Waals surface area contributed by atoms with Crippen molar-refractivity contribution in [2.24, 2.45) is 0 Å². The lowest BCUT2D eigenvalue weighted by Gasteiger charge is -2.13. The summed E-state index contributed by atoms with van der Waals surface area (Å²) in [5, 5.41) is -0.00108. The summed E-state index contributed by atoms with van der Waals surface area (Å²) in [5.74, 6) is -1.95. The minimum Gasteiger partial charge on any atom is -0.451 e. The molecule has 0 unspecified atom stereocenters. The van der Waals surface area contributed by atoms with Crippen LogP contribution < -0.4 is 0 Å². The number of carbonyl (C=O) groups is 2. The monoisotopic (exact) mass is 384 g/mol. The molecule has 0 saturated carbocycles. The van der Waals surface area contributed by atoms with E-state index in [1.54, 1.807) is 0 Å². The number of benzene rings is 2. The van der Waals surface area contributed by atoms with E-state index < -0.39 is 33.5 Å². The van der Waals surface area contributed by atoms with Gasteiger partial charge in [-0.15, -0.1) is 0 Å². The molecule has 0 fully saturated rings. The van der Waals surface area contributed by atoms with Crippen LogP contribution in [0, 0.1) is 5.82 Å². The number of halogens is 2. The Kier molecular flexibility index (Phi) is 5.59. The lowest BCUT2D eigenvalue weighted by molar-refractivity contribution is 0.0318. The first-order valence-corrected chi connectivity index (χ1v) is 9.37. The third-order valence-electron chi connectivity index (χ3n) is 3.37. The van der Waals surface area contributed by atoms with Gasteiger partial charge in [0.1, 0.15) is 5.82 Å². The molecule has 1 atom stereocenters. The molecule has 0 aliphatic heterocycles. The third-order valence-corrected chi connectivity index (χ3v) is 4.81. The van der Waals surface area contributed by atoms with Gasteiger partial charge in [0.25, 0.3) is 0 Å². The van der Waals surface area contributed by atoms with Gasteiger partial charge in [-0.3, -0.25) is 4.79 Å². The van der Waals surface area contributed by atoms with Crippen molar-refractivity contribution in [1.29, 1.82) is 0 Å². The summed E-state index contributed by atoms with van der Waals surface area (Å²) < 4.78 is 41.1. The van der Waals surface area contributed by atoms with Crippen molar-refractivity contribution in [3.05, 3.63) is 64.4 Å². The molecule has 25 heavy (non-hydrogen) atoms. The van der Waals surface area contributed by atoms with Crippen LogP contribution in [-0.2, 0) is 14.6 Å². The average molecular weight is 385 g/mol. The van der Waals surface area contributed by atoms with Gasteiger partial charge in [-0.1, -0.05) is 11.6 Å². The van der Waals surface area contributed by atoms with Gasteiger partial charge in [0.15, 0.2) is 15.9 Å². The fourth-order valence-corrected chi connectivity index (χ4v) is 2.86. The van der Waals surface area contributed by atoms with Gasteiger partial charge in [-0.2, -0.15) is 0 Å². The molecule has 0 heterocycles. The van der Waals surface area contributed by atoms with Crippen molar-refractivity contribution in [3.63, 3.8) is 0 Å². The van der Waals surface area contributed by atoms with Crippen molar-refractivity contribution in [3.8, 4) is 0 Å². The molecule has 2 rings (SSSR count). The fourth-order valence-electron chi connectivity index (χ4n) is 2.02. The number of ether oxygens (including phenoxy) is 1. The summed E-state index contributed by atoms with van der Waals surface area (Å²) in [5.41, 5.74) is 0.0148. The van der Waals surface area contributed by atoms with Gasteiger partial charge < -0.3 is 4.74 Å². The molecule has 2 aromatic rings. The van der Waals surface area contributed by atoms with Gasteiger partial charge in [0.05, 0.1) is 15.5 Å². The zero-order chi connectivity index (χ0) is 18.8. The summed E-state index contributed by atoms with van der Waals surface area (Å²) in [7, 11) is -3.54. The van der Waals surface area contributed by atoms with Crippen LogP contribution in [0.4, 0.5) is 4.39 Å². The number of hydrogen-bond donors (Lipinski definition) is 0. The quantitative estimate of drug-likeness (QED) is 0.583. The second-order valence-electron chi connectivity index (χ2n) is 5.33. The largest absolute Gasteiger partial charge is 0.451 e. The van der Waals surface area contributed by atoms with Crippen LogP contribution in [0.5, 0.6) is 0 Å². The van der Waals surface area contributed by atoms with E-state index in [2.05, 4.69) is 0 Å². The summed E-state index contributed by atoms with van der Waals surface area (Å²) in [4.78, 5) is 24.3. The molecular formula is C17H14ClFO5S. The van der Waals surface area contributed by atoms with Gasteiger partial charge in [0.2, 0.25) is 5.78 Å². The highest BCUT2D eigenvalue weighted by Gasteiger charge is 2.23. The van der Waals surface area contributed by atoms with E-state index >= 15 is 0 Å². The van der Waals surface area contributed by atoms with Crippen molar-refractivity contribution in [2.75, 3.05) is 6.26 Å². The molecule has 0 spiro atoms. The zero-order valence-electron chi connectivity index (χ0n) is 13.3. The summed E-state index contributed by atoms with van der Waals surface area (Å²) >= 11 is 5.92. The molecule has 0 aromatic heterocycles. The Morgan fingerprint density at radius 2 is 1.72 bits per heavy atom. The number of sulfone groups is 1. The Morgan fingerprint density at radius 1 is 1.12 bits per heavy atom. The number of Topliss-reactive ketones (excluding diaryl/α,β-unsaturated/α-hetero) is 1. The molecule has 0 bridgehead atoms. The van der Waals surface area contributed by atoms with Crippen molar-refractivity contribution < 1.29 is 27.1 Å². The molecule has 8 heteroatoms. The lowest BCUT2D eigenvalue weighted by Crippen LogP contribution is -2.24. The number of carbonyl (C=O) groups excluding carboxylic acids is 2. The molecule has 0 aliphatic carbocycles. The normalized spacial score (nSPS) is 12.5. The van der Waals surface area contributed by atoms with Crippen LogP contribution in [0.1, 0.15) is 27.6 Å². The predicted octanol–water partition coefficient (Wildman–Crippen LogP) is 3.31. The highest BCUT2D eigenvalue weighted by molar-refractivity contribution is 7.90. The van der Waals surface area contributed by atoms with E-state index in [0.717, 1.165) is 24.5 Å². The summed E-state index contributed by atoms with van der Waals surface area (Å²) in [6.07, 6.45) is -0.164. The van der Waals surface area contributed by atoms with Crippen LogP contribution in [0.25, 0.3) is 0 Å². The Hall–Kier alpha value is -2.25. The first-order chi connectivity index (χ1) is 11.6. The highest BCUT2D eigenvalue weighted by Crippen LogP contribution is 2.22. The molecule has 2 aromatic carbocycles. The van der Waals surface area contributed by atoms with E-state index in [9.17, 15) is 22.4 Å². The molecule has 0 N–H and O–H groups in total. The maximum atomic E-state index is 12.9. The lowest BCUT2D eigenvalue weighted by atomic mass is 10.1. The number of ketones is 1. The second kappa shape index (κ2) is 7.33. The Bertz CT molecular complexity index is 923. The fraction of sp³-hybridized carbons (Fsp3) is 0.176. The standard InChI is InChI=1S/C17H14ClFO5S/c1-10(16(20)11-3-5-12(19)6-4-11)24-17(21)14-9-13(25(2,22)23)7-8-15(14)18/h3-10H,1-2H3/t10-/m1/s1. The van der Waals surface area contributed by atoms with Crippen LogP contribution in [0.3, 0.4) is 0 Å². The van der Waals surface area contributed by atoms with Gasteiger partial charge in [-0.25, -0.2) is 17.6 Å². The minimum atomic E-state index is -3.54. The average Bonchev–Trinajstić information content (AvgIpc) is 2.54. The van der Waals surface area contributed by atoms with E-state index in [4.69, 9.17) is 16.3 Å². The van der Waals surface area contributed by atoms with Crippen molar-refractivity contribution >= 4 is 33.2 Å². The maximum Gasteiger partial charge on any atom is 0.340 e. The van der Waals surface area contributed by atoms with E-state index in [0.29, 0.717) is 0 Å². The van der Waals surface area contributed by atoms with E-state index in [1.807, 2.05) is 0 Å². The molecule has 0 saturated heterocycles. The molecular weight excluding hydrogens is 371 g/mol. The zero-order valence-corrected chi connectivity index (χ0v) is 14.9. The minimum absolute atomic E-state index is 0.00108. The first kappa shape index (κ1) is 19.1. The van der Waals surface area contributed by atoms with Crippen molar-refractivity contribution in [2.45, 2.75) is 17.9 Å². The van der Waals surface area contributed by atoms with Gasteiger partial charge >= 0.3 is 5.97 Å². The SMILES string of the molecule is C[C@@H](OC(=O)c1cc(S(C)(=O)=O)ccc1Cl)C(=O)c1ccc(F)cc1. The number of esters is 1. The molecule has 0 amide bonds. The van der Waals surface area contributed by atoms with E-state index in [1.165, 1.54) is 31.2 Å². The third kappa shape index (κ3) is 4.64. The number of rotatable bonds is 5. The topological polar surface area (TPSA) is 77.5 Å². The Balaban J connectivity index is 2.21. The van der Waals surface area contributed by atoms with Gasteiger partial charge in [-0.05, 0) is 49.4 Å². The van der Waals surface area contributed by atoms with E-state index in [-0.39, 0.29) is 21.0 Å².